The van der Waals surface area contributed by atoms with Gasteiger partial charge in [-0.05, 0) is 44.0 Å². The molecule has 0 aliphatic carbocycles. The molecule has 5 nitrogen and oxygen atoms in total. The van der Waals surface area contributed by atoms with Crippen molar-refractivity contribution in [1.29, 1.82) is 0 Å². The molecule has 1 aliphatic heterocycles. The summed E-state index contributed by atoms with van der Waals surface area (Å²) in [6, 6.07) is 11.2. The van der Waals surface area contributed by atoms with Crippen LogP contribution >= 0.6 is 0 Å². The highest BCUT2D eigenvalue weighted by Crippen LogP contribution is 2.22. The lowest BCUT2D eigenvalue weighted by Gasteiger charge is -2.15. The van der Waals surface area contributed by atoms with Crippen LogP contribution in [0, 0.1) is 6.92 Å². The maximum atomic E-state index is 12.3. The Bertz CT molecular complexity index is 703. The summed E-state index contributed by atoms with van der Waals surface area (Å²) >= 11 is 0. The van der Waals surface area contributed by atoms with E-state index in [-0.39, 0.29) is 17.9 Å². The molecule has 0 saturated carbocycles. The van der Waals surface area contributed by atoms with Crippen LogP contribution in [0.1, 0.15) is 35.4 Å². The molecule has 1 aromatic heterocycles. The minimum Gasteiger partial charge on any atom is -0.461 e. The molecule has 2 aromatic rings. The van der Waals surface area contributed by atoms with Gasteiger partial charge >= 0.3 is 0 Å². The standard InChI is InChI=1S/C18H20N2O3/c1-12-2-8-16(23-12)13-3-5-14(6-4-13)18(22)20-15-7-9-17(21)19-11-10-15/h2-6,8,15H,7,9-11H2,1H3,(H,19,21)(H,20,22). The average molecular weight is 312 g/mol. The largest absolute Gasteiger partial charge is 0.461 e. The van der Waals surface area contributed by atoms with Crippen LogP contribution in [0.3, 0.4) is 0 Å². The first kappa shape index (κ1) is 15.3. The van der Waals surface area contributed by atoms with E-state index in [1.165, 1.54) is 0 Å². The minimum atomic E-state index is -0.105. The molecule has 1 atom stereocenters. The third-order valence-corrected chi connectivity index (χ3v) is 4.04. The van der Waals surface area contributed by atoms with E-state index in [4.69, 9.17) is 4.42 Å². The smallest absolute Gasteiger partial charge is 0.251 e. The zero-order valence-electron chi connectivity index (χ0n) is 13.1. The molecule has 2 amide bonds. The average Bonchev–Trinajstić information content (AvgIpc) is 2.88. The molecular weight excluding hydrogens is 292 g/mol. The van der Waals surface area contributed by atoms with Gasteiger partial charge in [0.1, 0.15) is 11.5 Å². The van der Waals surface area contributed by atoms with Gasteiger partial charge in [0.15, 0.2) is 0 Å². The Morgan fingerprint density at radius 2 is 1.96 bits per heavy atom. The lowest BCUT2D eigenvalue weighted by atomic mass is 10.1. The number of aryl methyl sites for hydroxylation is 1. The molecule has 5 heteroatoms. The van der Waals surface area contributed by atoms with Gasteiger partial charge in [-0.15, -0.1) is 0 Å². The maximum absolute atomic E-state index is 12.3. The van der Waals surface area contributed by atoms with E-state index in [1.54, 1.807) is 12.1 Å². The van der Waals surface area contributed by atoms with Crippen molar-refractivity contribution in [2.24, 2.45) is 0 Å². The normalized spacial score (nSPS) is 18.1. The van der Waals surface area contributed by atoms with Crippen LogP contribution in [-0.2, 0) is 4.79 Å². The Morgan fingerprint density at radius 1 is 1.17 bits per heavy atom. The van der Waals surface area contributed by atoms with Gasteiger partial charge in [-0.1, -0.05) is 12.1 Å². The van der Waals surface area contributed by atoms with Crippen molar-refractivity contribution in [2.75, 3.05) is 6.54 Å². The Kier molecular flexibility index (Phi) is 4.46. The molecule has 1 unspecified atom stereocenters. The minimum absolute atomic E-state index is 0.0360. The van der Waals surface area contributed by atoms with E-state index < -0.39 is 0 Å². The number of carbonyl (C=O) groups excluding carboxylic acids is 2. The van der Waals surface area contributed by atoms with Crippen LogP contribution in [0.5, 0.6) is 0 Å². The van der Waals surface area contributed by atoms with Crippen molar-refractivity contribution < 1.29 is 14.0 Å². The number of hydrogen-bond acceptors (Lipinski definition) is 3. The summed E-state index contributed by atoms with van der Waals surface area (Å²) in [7, 11) is 0. The van der Waals surface area contributed by atoms with E-state index in [9.17, 15) is 9.59 Å². The lowest BCUT2D eigenvalue weighted by molar-refractivity contribution is -0.120. The van der Waals surface area contributed by atoms with E-state index in [1.807, 2.05) is 31.2 Å². The quantitative estimate of drug-likeness (QED) is 0.915. The predicted octanol–water partition coefficient (Wildman–Crippen LogP) is 2.65. The van der Waals surface area contributed by atoms with Gasteiger partial charge in [0.25, 0.3) is 5.91 Å². The zero-order valence-corrected chi connectivity index (χ0v) is 13.1. The molecular formula is C18H20N2O3. The van der Waals surface area contributed by atoms with Crippen molar-refractivity contribution in [3.63, 3.8) is 0 Å². The molecule has 0 radical (unpaired) electrons. The molecule has 2 N–H and O–H groups in total. The highest BCUT2D eigenvalue weighted by atomic mass is 16.3. The first-order valence-corrected chi connectivity index (χ1v) is 7.86. The highest BCUT2D eigenvalue weighted by molar-refractivity contribution is 5.94. The van der Waals surface area contributed by atoms with Gasteiger partial charge in [0.2, 0.25) is 5.91 Å². The molecule has 1 aromatic carbocycles. The summed E-state index contributed by atoms with van der Waals surface area (Å²) < 4.78 is 5.58. The van der Waals surface area contributed by atoms with Crippen molar-refractivity contribution in [3.8, 4) is 11.3 Å². The molecule has 1 aliphatic rings. The molecule has 120 valence electrons. The fraction of sp³-hybridized carbons (Fsp3) is 0.333. The van der Waals surface area contributed by atoms with E-state index >= 15 is 0 Å². The molecule has 23 heavy (non-hydrogen) atoms. The summed E-state index contributed by atoms with van der Waals surface area (Å²) in [6.07, 6.45) is 1.91. The van der Waals surface area contributed by atoms with Gasteiger partial charge in [-0.2, -0.15) is 0 Å². The molecule has 1 saturated heterocycles. The molecule has 3 rings (SSSR count). The number of nitrogens with one attached hydrogen (secondary N) is 2. The summed E-state index contributed by atoms with van der Waals surface area (Å²) in [4.78, 5) is 23.6. The van der Waals surface area contributed by atoms with Gasteiger partial charge in [-0.3, -0.25) is 9.59 Å². The number of amides is 2. The van der Waals surface area contributed by atoms with Crippen molar-refractivity contribution in [2.45, 2.75) is 32.2 Å². The van der Waals surface area contributed by atoms with Crippen LogP contribution in [0.4, 0.5) is 0 Å². The second-order valence-corrected chi connectivity index (χ2v) is 5.84. The van der Waals surface area contributed by atoms with E-state index in [2.05, 4.69) is 10.6 Å². The fourth-order valence-electron chi connectivity index (χ4n) is 2.71. The Hall–Kier alpha value is -2.56. The second kappa shape index (κ2) is 6.69. The third-order valence-electron chi connectivity index (χ3n) is 4.04. The topological polar surface area (TPSA) is 71.3 Å². The Morgan fingerprint density at radius 3 is 2.65 bits per heavy atom. The molecule has 2 heterocycles. The SMILES string of the molecule is Cc1ccc(-c2ccc(C(=O)NC3CCNC(=O)CC3)cc2)o1. The van der Waals surface area contributed by atoms with Crippen molar-refractivity contribution >= 4 is 11.8 Å². The van der Waals surface area contributed by atoms with Crippen LogP contribution in [0.25, 0.3) is 11.3 Å². The van der Waals surface area contributed by atoms with E-state index in [0.717, 1.165) is 23.5 Å². The summed E-state index contributed by atoms with van der Waals surface area (Å²) in [6.45, 7) is 2.51. The first-order chi connectivity index (χ1) is 11.1. The highest BCUT2D eigenvalue weighted by Gasteiger charge is 2.18. The number of carbonyl (C=O) groups is 2. The Labute approximate surface area is 135 Å². The lowest BCUT2D eigenvalue weighted by Crippen LogP contribution is -2.35. The van der Waals surface area contributed by atoms with Gasteiger partial charge in [0, 0.05) is 30.1 Å². The number of benzene rings is 1. The monoisotopic (exact) mass is 312 g/mol. The first-order valence-electron chi connectivity index (χ1n) is 7.86. The summed E-state index contributed by atoms with van der Waals surface area (Å²) in [5, 5.41) is 5.82. The van der Waals surface area contributed by atoms with Crippen LogP contribution in [0.15, 0.2) is 40.8 Å². The van der Waals surface area contributed by atoms with Gasteiger partial charge < -0.3 is 15.1 Å². The number of hydrogen-bond donors (Lipinski definition) is 2. The zero-order chi connectivity index (χ0) is 16.2. The Balaban J connectivity index is 1.64. The molecule has 0 bridgehead atoms. The molecule has 1 fully saturated rings. The maximum Gasteiger partial charge on any atom is 0.251 e. The van der Waals surface area contributed by atoms with Gasteiger partial charge in [0.05, 0.1) is 0 Å². The fourth-order valence-corrected chi connectivity index (χ4v) is 2.71. The number of furan rings is 1. The van der Waals surface area contributed by atoms with Gasteiger partial charge in [-0.25, -0.2) is 0 Å². The number of rotatable bonds is 3. The van der Waals surface area contributed by atoms with Crippen molar-refractivity contribution in [1.82, 2.24) is 10.6 Å². The second-order valence-electron chi connectivity index (χ2n) is 5.84. The summed E-state index contributed by atoms with van der Waals surface area (Å²) in [5.41, 5.74) is 1.56. The molecule has 0 spiro atoms. The van der Waals surface area contributed by atoms with Crippen LogP contribution < -0.4 is 10.6 Å². The third kappa shape index (κ3) is 3.80. The van der Waals surface area contributed by atoms with E-state index in [0.29, 0.717) is 24.9 Å². The van der Waals surface area contributed by atoms with Crippen LogP contribution in [0.2, 0.25) is 0 Å². The van der Waals surface area contributed by atoms with Crippen molar-refractivity contribution in [3.05, 3.63) is 47.7 Å². The van der Waals surface area contributed by atoms with Crippen LogP contribution in [-0.4, -0.2) is 24.4 Å². The summed E-state index contributed by atoms with van der Waals surface area (Å²) in [5.74, 6) is 1.60. The predicted molar refractivity (Wildman–Crippen MR) is 87.0 cm³/mol.